The summed E-state index contributed by atoms with van der Waals surface area (Å²) in [5.74, 6) is 0. The fraction of sp³-hybridized carbons (Fsp3) is 0.667. The van der Waals surface area contributed by atoms with Gasteiger partial charge in [0.05, 0.1) is 6.10 Å². The molecule has 0 bridgehead atoms. The monoisotopic (exact) mass is 309 g/mol. The summed E-state index contributed by atoms with van der Waals surface area (Å²) in [5, 5.41) is 14.6. The van der Waals surface area contributed by atoms with Gasteiger partial charge in [-0.15, -0.1) is 0 Å². The number of benzene rings is 1. The Balaban J connectivity index is 1.91. The molecule has 1 saturated carbocycles. The average Bonchev–Trinajstić information content (AvgIpc) is 2.33. The first-order chi connectivity index (χ1) is 9.67. The van der Waals surface area contributed by atoms with Gasteiger partial charge in [0.25, 0.3) is 0 Å². The van der Waals surface area contributed by atoms with Gasteiger partial charge in [0.15, 0.2) is 0 Å². The quantitative estimate of drug-likeness (QED) is 0.854. The average molecular weight is 310 g/mol. The Bertz CT molecular complexity index is 451. The number of hydrogen-bond acceptors (Lipinski definition) is 2. The summed E-state index contributed by atoms with van der Waals surface area (Å²) in [6.45, 7) is 9.98. The van der Waals surface area contributed by atoms with Crippen LogP contribution in [0.15, 0.2) is 24.3 Å². The van der Waals surface area contributed by atoms with E-state index in [1.54, 1.807) is 0 Å². The fourth-order valence-corrected chi connectivity index (χ4v) is 4.20. The SMILES string of the molecule is CC1(C)CC(NCC(O)c2ccc(Cl)cc2)CC(C)(C)C1. The number of nitrogens with one attached hydrogen (secondary N) is 1. The summed E-state index contributed by atoms with van der Waals surface area (Å²) >= 11 is 5.88. The Kier molecular flexibility index (Phi) is 5.02. The highest BCUT2D eigenvalue weighted by atomic mass is 35.5. The second-order valence-electron chi connectivity index (χ2n) is 8.09. The molecule has 2 nitrogen and oxygen atoms in total. The molecule has 0 amide bonds. The Morgan fingerprint density at radius 1 is 1.14 bits per heavy atom. The van der Waals surface area contributed by atoms with Crippen molar-refractivity contribution in [2.75, 3.05) is 6.54 Å². The minimum atomic E-state index is -0.476. The van der Waals surface area contributed by atoms with E-state index >= 15 is 0 Å². The largest absolute Gasteiger partial charge is 0.387 e. The molecule has 2 rings (SSSR count). The Labute approximate surface area is 133 Å². The van der Waals surface area contributed by atoms with E-state index in [9.17, 15) is 5.11 Å². The molecule has 3 heteroatoms. The Morgan fingerprint density at radius 3 is 2.19 bits per heavy atom. The van der Waals surface area contributed by atoms with Crippen molar-refractivity contribution in [3.05, 3.63) is 34.9 Å². The predicted octanol–water partition coefficient (Wildman–Crippen LogP) is 4.57. The van der Waals surface area contributed by atoms with Gasteiger partial charge in [-0.3, -0.25) is 0 Å². The van der Waals surface area contributed by atoms with E-state index in [-0.39, 0.29) is 0 Å². The molecule has 0 aromatic heterocycles. The van der Waals surface area contributed by atoms with E-state index in [2.05, 4.69) is 33.0 Å². The third kappa shape index (κ3) is 4.98. The van der Waals surface area contributed by atoms with E-state index in [4.69, 9.17) is 11.6 Å². The summed E-state index contributed by atoms with van der Waals surface area (Å²) in [6.07, 6.45) is 3.13. The van der Waals surface area contributed by atoms with Crippen LogP contribution in [0.25, 0.3) is 0 Å². The van der Waals surface area contributed by atoms with E-state index in [0.29, 0.717) is 28.4 Å². The van der Waals surface area contributed by atoms with Crippen molar-refractivity contribution >= 4 is 11.6 Å². The third-order valence-corrected chi connectivity index (χ3v) is 4.66. The lowest BCUT2D eigenvalue weighted by atomic mass is 9.63. The number of hydrogen-bond donors (Lipinski definition) is 2. The van der Waals surface area contributed by atoms with Gasteiger partial charge in [-0.05, 0) is 47.8 Å². The molecule has 118 valence electrons. The number of rotatable bonds is 4. The highest BCUT2D eigenvalue weighted by Crippen LogP contribution is 2.45. The van der Waals surface area contributed by atoms with Crippen LogP contribution in [0.3, 0.4) is 0 Å². The smallest absolute Gasteiger partial charge is 0.0914 e. The van der Waals surface area contributed by atoms with Gasteiger partial charge < -0.3 is 10.4 Å². The molecule has 1 aromatic carbocycles. The van der Waals surface area contributed by atoms with Crippen molar-refractivity contribution in [3.8, 4) is 0 Å². The summed E-state index contributed by atoms with van der Waals surface area (Å²) in [4.78, 5) is 0. The highest BCUT2D eigenvalue weighted by Gasteiger charge is 2.38. The van der Waals surface area contributed by atoms with Crippen molar-refractivity contribution in [3.63, 3.8) is 0 Å². The minimum Gasteiger partial charge on any atom is -0.387 e. The number of aliphatic hydroxyl groups excluding tert-OH is 1. The van der Waals surface area contributed by atoms with Crippen LogP contribution in [0.5, 0.6) is 0 Å². The molecule has 2 N–H and O–H groups in total. The molecule has 1 unspecified atom stereocenters. The minimum absolute atomic E-state index is 0.366. The first-order valence-electron chi connectivity index (χ1n) is 7.84. The molecule has 21 heavy (non-hydrogen) atoms. The summed E-state index contributed by atoms with van der Waals surface area (Å²) in [7, 11) is 0. The van der Waals surface area contributed by atoms with E-state index in [1.807, 2.05) is 24.3 Å². The summed E-state index contributed by atoms with van der Waals surface area (Å²) < 4.78 is 0. The Morgan fingerprint density at radius 2 is 1.67 bits per heavy atom. The number of halogens is 1. The molecular weight excluding hydrogens is 282 g/mol. The normalized spacial score (nSPS) is 23.0. The van der Waals surface area contributed by atoms with E-state index in [1.165, 1.54) is 19.3 Å². The van der Waals surface area contributed by atoms with E-state index < -0.39 is 6.10 Å². The second kappa shape index (κ2) is 6.28. The highest BCUT2D eigenvalue weighted by molar-refractivity contribution is 6.30. The topological polar surface area (TPSA) is 32.3 Å². The van der Waals surface area contributed by atoms with Gasteiger partial charge in [0.2, 0.25) is 0 Å². The zero-order chi connectivity index (χ0) is 15.7. The van der Waals surface area contributed by atoms with Crippen LogP contribution in [0.4, 0.5) is 0 Å². The maximum atomic E-state index is 10.3. The van der Waals surface area contributed by atoms with Crippen LogP contribution in [-0.4, -0.2) is 17.7 Å². The van der Waals surface area contributed by atoms with Crippen molar-refractivity contribution in [1.82, 2.24) is 5.32 Å². The lowest BCUT2D eigenvalue weighted by Gasteiger charge is -2.45. The van der Waals surface area contributed by atoms with Crippen molar-refractivity contribution in [2.45, 2.75) is 59.1 Å². The van der Waals surface area contributed by atoms with Crippen molar-refractivity contribution < 1.29 is 5.11 Å². The molecule has 1 aliphatic rings. The van der Waals surface area contributed by atoms with Gasteiger partial charge in [-0.1, -0.05) is 51.4 Å². The number of aliphatic hydroxyl groups is 1. The van der Waals surface area contributed by atoms with E-state index in [0.717, 1.165) is 5.56 Å². The maximum Gasteiger partial charge on any atom is 0.0914 e. The molecule has 0 saturated heterocycles. The van der Waals surface area contributed by atoms with Gasteiger partial charge in [0, 0.05) is 17.6 Å². The van der Waals surface area contributed by atoms with Gasteiger partial charge >= 0.3 is 0 Å². The van der Waals surface area contributed by atoms with Gasteiger partial charge in [0.1, 0.15) is 0 Å². The molecule has 0 radical (unpaired) electrons. The Hall–Kier alpha value is -0.570. The molecule has 1 atom stereocenters. The first-order valence-corrected chi connectivity index (χ1v) is 8.22. The zero-order valence-corrected chi connectivity index (χ0v) is 14.4. The molecule has 1 fully saturated rings. The lowest BCUT2D eigenvalue weighted by Crippen LogP contribution is -2.45. The first kappa shape index (κ1) is 16.8. The molecule has 1 aliphatic carbocycles. The standard InChI is InChI=1S/C18H28ClNO/c1-17(2)9-15(10-18(3,4)12-17)20-11-16(21)13-5-7-14(19)8-6-13/h5-8,15-16,20-21H,9-12H2,1-4H3. The van der Waals surface area contributed by atoms with Crippen LogP contribution in [-0.2, 0) is 0 Å². The predicted molar refractivity (Wildman–Crippen MR) is 89.6 cm³/mol. The van der Waals surface area contributed by atoms with Crippen LogP contribution in [0.2, 0.25) is 5.02 Å². The summed E-state index contributed by atoms with van der Waals surface area (Å²) in [6, 6.07) is 7.91. The summed E-state index contributed by atoms with van der Waals surface area (Å²) in [5.41, 5.74) is 1.65. The molecular formula is C18H28ClNO. The van der Waals surface area contributed by atoms with Crippen LogP contribution in [0, 0.1) is 10.8 Å². The molecule has 0 spiro atoms. The van der Waals surface area contributed by atoms with Crippen LogP contribution >= 0.6 is 11.6 Å². The lowest BCUT2D eigenvalue weighted by molar-refractivity contribution is 0.0760. The maximum absolute atomic E-state index is 10.3. The van der Waals surface area contributed by atoms with Crippen LogP contribution < -0.4 is 5.32 Å². The van der Waals surface area contributed by atoms with Gasteiger partial charge in [-0.2, -0.15) is 0 Å². The fourth-order valence-electron chi connectivity index (χ4n) is 4.07. The molecule has 0 heterocycles. The van der Waals surface area contributed by atoms with Gasteiger partial charge in [-0.25, -0.2) is 0 Å². The van der Waals surface area contributed by atoms with Crippen LogP contribution in [0.1, 0.15) is 58.6 Å². The third-order valence-electron chi connectivity index (χ3n) is 4.41. The molecule has 1 aromatic rings. The zero-order valence-electron chi connectivity index (χ0n) is 13.6. The van der Waals surface area contributed by atoms with Crippen molar-refractivity contribution in [1.29, 1.82) is 0 Å². The van der Waals surface area contributed by atoms with Crippen molar-refractivity contribution in [2.24, 2.45) is 10.8 Å². The second-order valence-corrected chi connectivity index (χ2v) is 8.52. The molecule has 0 aliphatic heterocycles.